The van der Waals surface area contributed by atoms with E-state index < -0.39 is 21.9 Å². The van der Waals surface area contributed by atoms with Crippen LogP contribution >= 0.6 is 11.6 Å². The van der Waals surface area contributed by atoms with Crippen LogP contribution < -0.4 is 5.73 Å². The van der Waals surface area contributed by atoms with E-state index in [0.29, 0.717) is 11.4 Å². The van der Waals surface area contributed by atoms with Gasteiger partial charge in [0.2, 0.25) is 0 Å². The van der Waals surface area contributed by atoms with E-state index in [2.05, 4.69) is 0 Å². The lowest BCUT2D eigenvalue weighted by Gasteiger charge is -2.09. The molecule has 0 amide bonds. The number of nitrogens with two attached hydrogens (primary N) is 1. The van der Waals surface area contributed by atoms with Crippen molar-refractivity contribution < 1.29 is 13.0 Å². The molecule has 0 spiro atoms. The van der Waals surface area contributed by atoms with Crippen molar-refractivity contribution in [2.75, 3.05) is 5.75 Å². The molecule has 4 nitrogen and oxygen atoms in total. The molecule has 0 bridgehead atoms. The minimum Gasteiger partial charge on any atom is -0.326 e. The molecule has 84 valence electrons. The molecule has 0 aliphatic heterocycles. The van der Waals surface area contributed by atoms with Gasteiger partial charge in [-0.2, -0.15) is 8.42 Å². The number of hydrogen-bond donors (Lipinski definition) is 2. The summed E-state index contributed by atoms with van der Waals surface area (Å²) in [6, 6.07) is 6.37. The SMILES string of the molecule is N[C@@H](Cc1cccc(Cl)c1)CS(=O)(=O)O. The first-order chi connectivity index (χ1) is 6.87. The summed E-state index contributed by atoms with van der Waals surface area (Å²) in [6.45, 7) is 0. The third kappa shape index (κ3) is 5.13. The molecule has 1 aromatic rings. The number of halogens is 1. The fourth-order valence-electron chi connectivity index (χ4n) is 1.30. The van der Waals surface area contributed by atoms with Crippen molar-refractivity contribution in [3.8, 4) is 0 Å². The second-order valence-electron chi connectivity index (χ2n) is 3.34. The van der Waals surface area contributed by atoms with Gasteiger partial charge in [-0.15, -0.1) is 0 Å². The van der Waals surface area contributed by atoms with Crippen LogP contribution in [0.1, 0.15) is 5.56 Å². The predicted octanol–water partition coefficient (Wildman–Crippen LogP) is 1.10. The Balaban J connectivity index is 2.63. The second kappa shape index (κ2) is 4.94. The van der Waals surface area contributed by atoms with E-state index in [1.54, 1.807) is 24.3 Å². The van der Waals surface area contributed by atoms with Crippen LogP contribution in [0.25, 0.3) is 0 Å². The summed E-state index contributed by atoms with van der Waals surface area (Å²) >= 11 is 5.75. The molecule has 0 aliphatic carbocycles. The van der Waals surface area contributed by atoms with E-state index in [9.17, 15) is 8.42 Å². The van der Waals surface area contributed by atoms with Gasteiger partial charge in [0.05, 0.1) is 5.75 Å². The minimum absolute atomic E-state index is 0.361. The lowest BCUT2D eigenvalue weighted by atomic mass is 10.1. The third-order valence-electron chi connectivity index (χ3n) is 1.81. The average molecular weight is 250 g/mol. The second-order valence-corrected chi connectivity index (χ2v) is 5.28. The molecule has 0 saturated heterocycles. The van der Waals surface area contributed by atoms with Gasteiger partial charge in [-0.3, -0.25) is 4.55 Å². The molecule has 1 atom stereocenters. The molecule has 1 aromatic carbocycles. The summed E-state index contributed by atoms with van der Waals surface area (Å²) < 4.78 is 29.7. The molecular weight excluding hydrogens is 238 g/mol. The predicted molar refractivity (Wildman–Crippen MR) is 59.5 cm³/mol. The van der Waals surface area contributed by atoms with Crippen molar-refractivity contribution in [3.05, 3.63) is 34.9 Å². The highest BCUT2D eigenvalue weighted by atomic mass is 35.5. The quantitative estimate of drug-likeness (QED) is 0.783. The Morgan fingerprint density at radius 1 is 1.47 bits per heavy atom. The highest BCUT2D eigenvalue weighted by molar-refractivity contribution is 7.85. The zero-order valence-corrected chi connectivity index (χ0v) is 9.50. The zero-order chi connectivity index (χ0) is 11.5. The van der Waals surface area contributed by atoms with Crippen LogP contribution in [-0.4, -0.2) is 24.8 Å². The fourth-order valence-corrected chi connectivity index (χ4v) is 2.17. The fraction of sp³-hybridized carbons (Fsp3) is 0.333. The Bertz CT molecular complexity index is 433. The molecule has 0 saturated carbocycles. The Hall–Kier alpha value is -0.620. The van der Waals surface area contributed by atoms with E-state index in [1.807, 2.05) is 0 Å². The monoisotopic (exact) mass is 249 g/mol. The number of benzene rings is 1. The molecule has 0 heterocycles. The first-order valence-corrected chi connectivity index (χ1v) is 6.31. The van der Waals surface area contributed by atoms with E-state index in [-0.39, 0.29) is 0 Å². The van der Waals surface area contributed by atoms with Crippen LogP contribution in [0.2, 0.25) is 5.02 Å². The minimum atomic E-state index is -4.01. The molecule has 6 heteroatoms. The molecule has 0 unspecified atom stereocenters. The maximum Gasteiger partial charge on any atom is 0.266 e. The van der Waals surface area contributed by atoms with E-state index >= 15 is 0 Å². The average Bonchev–Trinajstić information content (AvgIpc) is 1.99. The van der Waals surface area contributed by atoms with Crippen molar-refractivity contribution in [1.82, 2.24) is 0 Å². The molecule has 0 radical (unpaired) electrons. The lowest BCUT2D eigenvalue weighted by Crippen LogP contribution is -2.31. The molecular formula is C9H12ClNO3S. The third-order valence-corrected chi connectivity index (χ3v) is 2.90. The summed E-state index contributed by atoms with van der Waals surface area (Å²) in [6.07, 6.45) is 0.361. The molecule has 0 aromatic heterocycles. The Morgan fingerprint density at radius 3 is 2.67 bits per heavy atom. The number of rotatable bonds is 4. The van der Waals surface area contributed by atoms with Gasteiger partial charge in [0, 0.05) is 11.1 Å². The van der Waals surface area contributed by atoms with E-state index in [4.69, 9.17) is 21.9 Å². The normalized spacial score (nSPS) is 13.8. The highest BCUT2D eigenvalue weighted by Gasteiger charge is 2.13. The summed E-state index contributed by atoms with van der Waals surface area (Å²) in [5.41, 5.74) is 6.41. The summed E-state index contributed by atoms with van der Waals surface area (Å²) in [5, 5.41) is 0.576. The van der Waals surface area contributed by atoms with Crippen molar-refractivity contribution in [2.45, 2.75) is 12.5 Å². The van der Waals surface area contributed by atoms with E-state index in [1.165, 1.54) is 0 Å². The van der Waals surface area contributed by atoms with Gasteiger partial charge >= 0.3 is 0 Å². The first kappa shape index (κ1) is 12.4. The van der Waals surface area contributed by atoms with Crippen LogP contribution in [-0.2, 0) is 16.5 Å². The Labute approximate surface area is 93.8 Å². The maximum absolute atomic E-state index is 10.5. The lowest BCUT2D eigenvalue weighted by molar-refractivity contribution is 0.476. The standard InChI is InChI=1S/C9H12ClNO3S/c10-8-3-1-2-7(4-8)5-9(11)6-15(12,13)14/h1-4,9H,5-6,11H2,(H,12,13,14)/t9-/m0/s1. The topological polar surface area (TPSA) is 80.4 Å². The van der Waals surface area contributed by atoms with Crippen LogP contribution in [0.5, 0.6) is 0 Å². The van der Waals surface area contributed by atoms with Crippen molar-refractivity contribution >= 4 is 21.7 Å². The maximum atomic E-state index is 10.5. The van der Waals surface area contributed by atoms with Crippen LogP contribution in [0.15, 0.2) is 24.3 Å². The van der Waals surface area contributed by atoms with Gasteiger partial charge in [0.15, 0.2) is 0 Å². The summed E-state index contributed by atoms with van der Waals surface area (Å²) in [5.74, 6) is -0.445. The van der Waals surface area contributed by atoms with Gasteiger partial charge in [0.25, 0.3) is 10.1 Å². The summed E-state index contributed by atoms with van der Waals surface area (Å²) in [4.78, 5) is 0. The molecule has 15 heavy (non-hydrogen) atoms. The number of hydrogen-bond acceptors (Lipinski definition) is 3. The first-order valence-electron chi connectivity index (χ1n) is 4.32. The van der Waals surface area contributed by atoms with Gasteiger partial charge in [-0.1, -0.05) is 23.7 Å². The van der Waals surface area contributed by atoms with Crippen molar-refractivity contribution in [2.24, 2.45) is 5.73 Å². The molecule has 1 rings (SSSR count). The Kier molecular flexibility index (Phi) is 4.10. The highest BCUT2D eigenvalue weighted by Crippen LogP contribution is 2.12. The zero-order valence-electron chi connectivity index (χ0n) is 7.93. The summed E-state index contributed by atoms with van der Waals surface area (Å²) in [7, 11) is -4.01. The van der Waals surface area contributed by atoms with Crippen LogP contribution in [0, 0.1) is 0 Å². The molecule has 0 aliphatic rings. The smallest absolute Gasteiger partial charge is 0.266 e. The van der Waals surface area contributed by atoms with Gasteiger partial charge in [0.1, 0.15) is 0 Å². The van der Waals surface area contributed by atoms with Crippen LogP contribution in [0.4, 0.5) is 0 Å². The largest absolute Gasteiger partial charge is 0.326 e. The van der Waals surface area contributed by atoms with Crippen LogP contribution in [0.3, 0.4) is 0 Å². The van der Waals surface area contributed by atoms with Crippen molar-refractivity contribution in [1.29, 1.82) is 0 Å². The van der Waals surface area contributed by atoms with Crippen molar-refractivity contribution in [3.63, 3.8) is 0 Å². The van der Waals surface area contributed by atoms with Gasteiger partial charge < -0.3 is 5.73 Å². The molecule has 0 fully saturated rings. The Morgan fingerprint density at radius 2 is 2.13 bits per heavy atom. The molecule has 3 N–H and O–H groups in total. The van der Waals surface area contributed by atoms with Gasteiger partial charge in [-0.25, -0.2) is 0 Å². The van der Waals surface area contributed by atoms with E-state index in [0.717, 1.165) is 5.56 Å². The van der Waals surface area contributed by atoms with Gasteiger partial charge in [-0.05, 0) is 24.1 Å².